The second-order valence-electron chi connectivity index (χ2n) is 3.46. The van der Waals surface area contributed by atoms with Crippen molar-refractivity contribution in [2.45, 2.75) is 19.8 Å². The molecule has 1 aliphatic heterocycles. The van der Waals surface area contributed by atoms with Crippen LogP contribution in [0.5, 0.6) is 0 Å². The number of hydrogen-bond donors (Lipinski definition) is 2. The number of carbonyl (C=O) groups excluding carboxylic acids is 2. The number of primary amides is 1. The third-order valence-corrected chi connectivity index (χ3v) is 2.36. The second-order valence-corrected chi connectivity index (χ2v) is 3.46. The summed E-state index contributed by atoms with van der Waals surface area (Å²) >= 11 is 0. The SMILES string of the molecule is Cc1nc2c(c(C(N)=O)n1)C(C)C(=O)N2. The van der Waals surface area contributed by atoms with E-state index in [0.717, 1.165) is 0 Å². The highest BCUT2D eigenvalue weighted by Gasteiger charge is 2.33. The van der Waals surface area contributed by atoms with E-state index in [1.54, 1.807) is 13.8 Å². The molecular formula is C9H10N4O2. The predicted molar refractivity (Wildman–Crippen MR) is 52.3 cm³/mol. The average Bonchev–Trinajstić information content (AvgIpc) is 2.41. The van der Waals surface area contributed by atoms with Crippen LogP contribution in [0.1, 0.15) is 34.7 Å². The van der Waals surface area contributed by atoms with Gasteiger partial charge in [-0.2, -0.15) is 0 Å². The van der Waals surface area contributed by atoms with E-state index in [4.69, 9.17) is 5.73 Å². The molecule has 0 bridgehead atoms. The Balaban J connectivity index is 2.69. The molecule has 0 fully saturated rings. The van der Waals surface area contributed by atoms with Gasteiger partial charge in [-0.1, -0.05) is 0 Å². The largest absolute Gasteiger partial charge is 0.364 e. The number of nitrogens with zero attached hydrogens (tertiary/aromatic N) is 2. The Hall–Kier alpha value is -1.98. The van der Waals surface area contributed by atoms with Gasteiger partial charge in [-0.3, -0.25) is 9.59 Å². The Morgan fingerprint density at radius 1 is 1.47 bits per heavy atom. The summed E-state index contributed by atoms with van der Waals surface area (Å²) in [5.74, 6) is -0.443. The van der Waals surface area contributed by atoms with E-state index in [1.807, 2.05) is 0 Å². The monoisotopic (exact) mass is 206 g/mol. The Morgan fingerprint density at radius 3 is 2.73 bits per heavy atom. The Labute approximate surface area is 85.9 Å². The first-order valence-corrected chi connectivity index (χ1v) is 4.50. The van der Waals surface area contributed by atoms with E-state index < -0.39 is 11.8 Å². The van der Waals surface area contributed by atoms with Crippen LogP contribution in [0.25, 0.3) is 0 Å². The number of nitrogens with one attached hydrogen (secondary N) is 1. The first-order chi connectivity index (χ1) is 7.00. The first kappa shape index (κ1) is 9.57. The molecule has 0 aromatic carbocycles. The number of fused-ring (bicyclic) bond motifs is 1. The molecule has 2 heterocycles. The highest BCUT2D eigenvalue weighted by atomic mass is 16.2. The molecule has 15 heavy (non-hydrogen) atoms. The molecule has 1 aromatic rings. The lowest BCUT2D eigenvalue weighted by Gasteiger charge is -2.05. The number of aromatic nitrogens is 2. The number of hydrogen-bond acceptors (Lipinski definition) is 4. The number of nitrogens with two attached hydrogens (primary N) is 1. The van der Waals surface area contributed by atoms with Gasteiger partial charge in [0, 0.05) is 5.56 Å². The van der Waals surface area contributed by atoms with Crippen LogP contribution in [-0.2, 0) is 4.79 Å². The van der Waals surface area contributed by atoms with Crippen LogP contribution in [0.2, 0.25) is 0 Å². The van der Waals surface area contributed by atoms with Gasteiger partial charge in [0.1, 0.15) is 17.3 Å². The molecule has 6 nitrogen and oxygen atoms in total. The standard InChI is InChI=1S/C9H10N4O2/c1-3-5-6(7(10)14)11-4(2)12-8(5)13-9(3)15/h3H,1-2H3,(H2,10,14)(H,11,12,13,15). The van der Waals surface area contributed by atoms with Crippen LogP contribution in [0.15, 0.2) is 0 Å². The molecule has 0 saturated carbocycles. The fourth-order valence-electron chi connectivity index (χ4n) is 1.63. The van der Waals surface area contributed by atoms with Crippen molar-refractivity contribution in [2.75, 3.05) is 5.32 Å². The lowest BCUT2D eigenvalue weighted by atomic mass is 10.0. The molecule has 0 spiro atoms. The minimum absolute atomic E-state index is 0.128. The third kappa shape index (κ3) is 1.34. The van der Waals surface area contributed by atoms with E-state index in [9.17, 15) is 9.59 Å². The third-order valence-electron chi connectivity index (χ3n) is 2.36. The van der Waals surface area contributed by atoms with E-state index in [0.29, 0.717) is 17.2 Å². The second kappa shape index (κ2) is 3.01. The van der Waals surface area contributed by atoms with Crippen LogP contribution in [0, 0.1) is 6.92 Å². The Bertz CT molecular complexity index is 469. The summed E-state index contributed by atoms with van der Waals surface area (Å²) in [6, 6.07) is 0. The number of aryl methyl sites for hydroxylation is 1. The first-order valence-electron chi connectivity index (χ1n) is 4.50. The maximum Gasteiger partial charge on any atom is 0.267 e. The Kier molecular flexibility index (Phi) is 1.92. The molecule has 78 valence electrons. The van der Waals surface area contributed by atoms with Crippen molar-refractivity contribution < 1.29 is 9.59 Å². The van der Waals surface area contributed by atoms with Crippen LogP contribution in [0.4, 0.5) is 5.82 Å². The summed E-state index contributed by atoms with van der Waals surface area (Å²) in [7, 11) is 0. The average molecular weight is 206 g/mol. The smallest absolute Gasteiger partial charge is 0.267 e. The summed E-state index contributed by atoms with van der Waals surface area (Å²) in [5.41, 5.74) is 5.82. The summed E-state index contributed by atoms with van der Waals surface area (Å²) < 4.78 is 0. The van der Waals surface area contributed by atoms with Gasteiger partial charge in [0.2, 0.25) is 5.91 Å². The van der Waals surface area contributed by atoms with Crippen LogP contribution >= 0.6 is 0 Å². The van der Waals surface area contributed by atoms with Crippen molar-refractivity contribution in [3.05, 3.63) is 17.1 Å². The fourth-order valence-corrected chi connectivity index (χ4v) is 1.63. The van der Waals surface area contributed by atoms with Crippen molar-refractivity contribution >= 4 is 17.6 Å². The quantitative estimate of drug-likeness (QED) is 0.672. The van der Waals surface area contributed by atoms with Crippen molar-refractivity contribution in [1.29, 1.82) is 0 Å². The summed E-state index contributed by atoms with van der Waals surface area (Å²) in [4.78, 5) is 30.5. The molecule has 2 amide bonds. The normalized spacial score (nSPS) is 18.5. The number of carbonyl (C=O) groups is 2. The van der Waals surface area contributed by atoms with Crippen LogP contribution in [0.3, 0.4) is 0 Å². The molecule has 1 unspecified atom stereocenters. The van der Waals surface area contributed by atoms with Crippen molar-refractivity contribution in [1.82, 2.24) is 9.97 Å². The minimum Gasteiger partial charge on any atom is -0.364 e. The van der Waals surface area contributed by atoms with Gasteiger partial charge >= 0.3 is 0 Å². The molecule has 1 atom stereocenters. The van der Waals surface area contributed by atoms with Crippen LogP contribution in [-0.4, -0.2) is 21.8 Å². The zero-order chi connectivity index (χ0) is 11.2. The number of anilines is 1. The molecule has 3 N–H and O–H groups in total. The van der Waals surface area contributed by atoms with E-state index in [-0.39, 0.29) is 11.6 Å². The van der Waals surface area contributed by atoms with Gasteiger partial charge in [0.25, 0.3) is 5.91 Å². The summed E-state index contributed by atoms with van der Waals surface area (Å²) in [5, 5.41) is 2.59. The van der Waals surface area contributed by atoms with Crippen molar-refractivity contribution in [3.8, 4) is 0 Å². The summed E-state index contributed by atoms with van der Waals surface area (Å²) in [6.07, 6.45) is 0. The maximum atomic E-state index is 11.4. The predicted octanol–water partition coefficient (Wildman–Crippen LogP) is -0.0605. The molecule has 0 radical (unpaired) electrons. The zero-order valence-electron chi connectivity index (χ0n) is 8.37. The molecular weight excluding hydrogens is 196 g/mol. The van der Waals surface area contributed by atoms with Gasteiger partial charge in [-0.05, 0) is 13.8 Å². The maximum absolute atomic E-state index is 11.4. The Morgan fingerprint density at radius 2 is 2.13 bits per heavy atom. The number of rotatable bonds is 1. The van der Waals surface area contributed by atoms with Gasteiger partial charge < -0.3 is 11.1 Å². The lowest BCUT2D eigenvalue weighted by Crippen LogP contribution is -2.18. The van der Waals surface area contributed by atoms with Gasteiger partial charge in [-0.15, -0.1) is 0 Å². The van der Waals surface area contributed by atoms with Gasteiger partial charge in [-0.25, -0.2) is 9.97 Å². The molecule has 0 saturated heterocycles. The minimum atomic E-state index is -0.639. The van der Waals surface area contributed by atoms with Crippen molar-refractivity contribution in [3.63, 3.8) is 0 Å². The van der Waals surface area contributed by atoms with E-state index in [2.05, 4.69) is 15.3 Å². The summed E-state index contributed by atoms with van der Waals surface area (Å²) in [6.45, 7) is 3.33. The molecule has 1 aliphatic rings. The highest BCUT2D eigenvalue weighted by molar-refractivity contribution is 6.06. The number of amides is 2. The lowest BCUT2D eigenvalue weighted by molar-refractivity contribution is -0.116. The van der Waals surface area contributed by atoms with Gasteiger partial charge in [0.15, 0.2) is 0 Å². The van der Waals surface area contributed by atoms with Crippen LogP contribution < -0.4 is 11.1 Å². The van der Waals surface area contributed by atoms with Gasteiger partial charge in [0.05, 0.1) is 5.92 Å². The molecule has 1 aromatic heterocycles. The van der Waals surface area contributed by atoms with E-state index in [1.165, 1.54) is 0 Å². The topological polar surface area (TPSA) is 98.0 Å². The fraction of sp³-hybridized carbons (Fsp3) is 0.333. The molecule has 0 aliphatic carbocycles. The molecule has 2 rings (SSSR count). The highest BCUT2D eigenvalue weighted by Crippen LogP contribution is 2.32. The van der Waals surface area contributed by atoms with E-state index >= 15 is 0 Å². The zero-order valence-corrected chi connectivity index (χ0v) is 8.37. The van der Waals surface area contributed by atoms with Crippen molar-refractivity contribution in [2.24, 2.45) is 5.73 Å². The molecule has 6 heteroatoms.